The van der Waals surface area contributed by atoms with Crippen LogP contribution in [0.2, 0.25) is 0 Å². The maximum Gasteiger partial charge on any atom is 0.153 e. The third-order valence-corrected chi connectivity index (χ3v) is 4.89. The van der Waals surface area contributed by atoms with Crippen LogP contribution in [-0.2, 0) is 9.84 Å². The topological polar surface area (TPSA) is 57.6 Å². The zero-order valence-corrected chi connectivity index (χ0v) is 9.63. The molecule has 1 aliphatic heterocycles. The van der Waals surface area contributed by atoms with Crippen molar-refractivity contribution in [3.63, 3.8) is 0 Å². The molecule has 5 heteroatoms. The molecule has 0 aromatic heterocycles. The summed E-state index contributed by atoms with van der Waals surface area (Å²) >= 11 is 0. The Morgan fingerprint density at radius 1 is 1.43 bits per heavy atom. The van der Waals surface area contributed by atoms with Gasteiger partial charge in [-0.1, -0.05) is 0 Å². The predicted molar refractivity (Wildman–Crippen MR) is 55.9 cm³/mol. The van der Waals surface area contributed by atoms with E-state index in [0.29, 0.717) is 12.5 Å². The summed E-state index contributed by atoms with van der Waals surface area (Å²) in [4.78, 5) is 2.07. The minimum absolute atomic E-state index is 0.216. The first-order chi connectivity index (χ1) is 6.45. The highest BCUT2D eigenvalue weighted by molar-refractivity contribution is 7.92. The van der Waals surface area contributed by atoms with E-state index in [-0.39, 0.29) is 17.6 Å². The first-order valence-corrected chi connectivity index (χ1v) is 6.72. The average molecular weight is 221 g/mol. The maximum absolute atomic E-state index is 11.4. The zero-order valence-electron chi connectivity index (χ0n) is 8.81. The van der Waals surface area contributed by atoms with Crippen LogP contribution in [-0.4, -0.2) is 55.7 Å². The molecule has 0 amide bonds. The quantitative estimate of drug-likeness (QED) is 0.694. The Morgan fingerprint density at radius 2 is 2.00 bits per heavy atom. The van der Waals surface area contributed by atoms with Crippen LogP contribution in [0, 0.1) is 5.92 Å². The fraction of sp³-hybridized carbons (Fsp3) is 1.00. The molecule has 0 saturated carbocycles. The first kappa shape index (κ1) is 11.9. The summed E-state index contributed by atoms with van der Waals surface area (Å²) in [6, 6.07) is 0. The Hall–Kier alpha value is -0.130. The van der Waals surface area contributed by atoms with E-state index >= 15 is 0 Å². The van der Waals surface area contributed by atoms with E-state index in [4.69, 9.17) is 5.11 Å². The highest BCUT2D eigenvalue weighted by Crippen LogP contribution is 2.14. The van der Waals surface area contributed by atoms with Gasteiger partial charge in [-0.3, -0.25) is 0 Å². The van der Waals surface area contributed by atoms with E-state index in [0.717, 1.165) is 13.1 Å². The predicted octanol–water partition coefficient (Wildman–Crippen LogP) is -0.266. The van der Waals surface area contributed by atoms with Crippen molar-refractivity contribution in [2.75, 3.05) is 32.0 Å². The molecule has 14 heavy (non-hydrogen) atoms. The Morgan fingerprint density at radius 3 is 2.43 bits per heavy atom. The van der Waals surface area contributed by atoms with Crippen LogP contribution < -0.4 is 0 Å². The molecule has 1 heterocycles. The molecular weight excluding hydrogens is 202 g/mol. The molecule has 0 aromatic carbocycles. The van der Waals surface area contributed by atoms with Gasteiger partial charge in [-0.25, -0.2) is 8.42 Å². The summed E-state index contributed by atoms with van der Waals surface area (Å²) in [7, 11) is -2.90. The normalized spacial score (nSPS) is 20.0. The monoisotopic (exact) mass is 221 g/mol. The van der Waals surface area contributed by atoms with Crippen molar-refractivity contribution < 1.29 is 13.5 Å². The highest BCUT2D eigenvalue weighted by Gasteiger charge is 2.27. The van der Waals surface area contributed by atoms with Crippen molar-refractivity contribution in [3.8, 4) is 0 Å². The van der Waals surface area contributed by atoms with Crippen LogP contribution in [0.1, 0.15) is 13.8 Å². The summed E-state index contributed by atoms with van der Waals surface area (Å²) in [6.07, 6.45) is 0. The van der Waals surface area contributed by atoms with Gasteiger partial charge in [-0.05, 0) is 13.8 Å². The van der Waals surface area contributed by atoms with Crippen LogP contribution in [0.3, 0.4) is 0 Å². The van der Waals surface area contributed by atoms with Gasteiger partial charge in [0, 0.05) is 32.2 Å². The van der Waals surface area contributed by atoms with Gasteiger partial charge in [0.1, 0.15) is 0 Å². The zero-order chi connectivity index (χ0) is 10.8. The molecule has 1 saturated heterocycles. The molecule has 0 spiro atoms. The second kappa shape index (κ2) is 4.59. The van der Waals surface area contributed by atoms with Crippen molar-refractivity contribution in [2.45, 2.75) is 19.1 Å². The number of likely N-dealkylation sites (tertiary alicyclic amines) is 1. The minimum atomic E-state index is -2.90. The van der Waals surface area contributed by atoms with Gasteiger partial charge in [0.2, 0.25) is 0 Å². The molecule has 0 atom stereocenters. The van der Waals surface area contributed by atoms with E-state index in [1.807, 2.05) is 0 Å². The van der Waals surface area contributed by atoms with E-state index in [1.165, 1.54) is 0 Å². The largest absolute Gasteiger partial charge is 0.396 e. The highest BCUT2D eigenvalue weighted by atomic mass is 32.2. The number of hydrogen-bond acceptors (Lipinski definition) is 4. The second-order valence-corrected chi connectivity index (χ2v) is 6.90. The Labute approximate surface area is 85.8 Å². The third kappa shape index (κ3) is 2.93. The van der Waals surface area contributed by atoms with Crippen LogP contribution in [0.4, 0.5) is 0 Å². The van der Waals surface area contributed by atoms with Gasteiger partial charge < -0.3 is 10.0 Å². The molecule has 0 radical (unpaired) electrons. The number of rotatable bonds is 5. The Balaban J connectivity index is 2.23. The molecule has 1 rings (SSSR count). The first-order valence-electron chi connectivity index (χ1n) is 5.00. The van der Waals surface area contributed by atoms with Crippen molar-refractivity contribution in [3.05, 3.63) is 0 Å². The smallest absolute Gasteiger partial charge is 0.153 e. The third-order valence-electron chi connectivity index (χ3n) is 2.70. The molecular formula is C9H19NO3S. The molecule has 1 fully saturated rings. The van der Waals surface area contributed by atoms with Gasteiger partial charge in [-0.15, -0.1) is 0 Å². The molecule has 0 bridgehead atoms. The number of sulfone groups is 1. The molecule has 84 valence electrons. The van der Waals surface area contributed by atoms with E-state index in [1.54, 1.807) is 13.8 Å². The van der Waals surface area contributed by atoms with Gasteiger partial charge in [-0.2, -0.15) is 0 Å². The van der Waals surface area contributed by atoms with Crippen LogP contribution in [0.5, 0.6) is 0 Å². The van der Waals surface area contributed by atoms with Crippen LogP contribution >= 0.6 is 0 Å². The lowest BCUT2D eigenvalue weighted by Crippen LogP contribution is -2.50. The molecule has 0 unspecified atom stereocenters. The fourth-order valence-electron chi connectivity index (χ4n) is 1.47. The Bertz CT molecular complexity index is 268. The Kier molecular flexibility index (Phi) is 3.92. The number of aliphatic hydroxyl groups is 1. The van der Waals surface area contributed by atoms with Crippen molar-refractivity contribution in [1.29, 1.82) is 0 Å². The van der Waals surface area contributed by atoms with Gasteiger partial charge in [0.05, 0.1) is 11.0 Å². The van der Waals surface area contributed by atoms with E-state index in [9.17, 15) is 8.42 Å². The summed E-state index contributed by atoms with van der Waals surface area (Å²) in [5.41, 5.74) is 0. The molecule has 4 nitrogen and oxygen atoms in total. The van der Waals surface area contributed by atoms with Gasteiger partial charge in [0.25, 0.3) is 0 Å². The number of hydrogen-bond donors (Lipinski definition) is 1. The standard InChI is InChI=1S/C9H19NO3S/c1-8(2)14(12,13)4-3-10-5-9(6-10)7-11/h8-9,11H,3-7H2,1-2H3. The van der Waals surface area contributed by atoms with E-state index in [2.05, 4.69) is 4.90 Å². The van der Waals surface area contributed by atoms with E-state index < -0.39 is 9.84 Å². The summed E-state index contributed by atoms with van der Waals surface area (Å²) in [6.45, 7) is 5.92. The maximum atomic E-state index is 11.4. The summed E-state index contributed by atoms with van der Waals surface area (Å²) < 4.78 is 22.9. The molecule has 1 aliphatic rings. The van der Waals surface area contributed by atoms with Crippen molar-refractivity contribution >= 4 is 9.84 Å². The van der Waals surface area contributed by atoms with Gasteiger partial charge >= 0.3 is 0 Å². The van der Waals surface area contributed by atoms with Crippen molar-refractivity contribution in [2.24, 2.45) is 5.92 Å². The lowest BCUT2D eigenvalue weighted by Gasteiger charge is -2.38. The summed E-state index contributed by atoms with van der Waals surface area (Å²) in [5, 5.41) is 8.50. The van der Waals surface area contributed by atoms with Crippen LogP contribution in [0.25, 0.3) is 0 Å². The second-order valence-electron chi connectivity index (χ2n) is 4.22. The van der Waals surface area contributed by atoms with Gasteiger partial charge in [0.15, 0.2) is 9.84 Å². The molecule has 0 aliphatic carbocycles. The average Bonchev–Trinajstić information content (AvgIpc) is 2.01. The minimum Gasteiger partial charge on any atom is -0.396 e. The SMILES string of the molecule is CC(C)S(=O)(=O)CCN1CC(CO)C1. The number of nitrogens with zero attached hydrogens (tertiary/aromatic N) is 1. The molecule has 0 aromatic rings. The fourth-order valence-corrected chi connectivity index (χ4v) is 2.45. The lowest BCUT2D eigenvalue weighted by molar-refractivity contribution is 0.0592. The van der Waals surface area contributed by atoms with Crippen molar-refractivity contribution in [1.82, 2.24) is 4.90 Å². The summed E-state index contributed by atoms with van der Waals surface area (Å²) in [5.74, 6) is 0.597. The van der Waals surface area contributed by atoms with Crippen LogP contribution in [0.15, 0.2) is 0 Å². The molecule has 1 N–H and O–H groups in total. The number of aliphatic hydroxyl groups excluding tert-OH is 1. The lowest BCUT2D eigenvalue weighted by atomic mass is 10.0.